The van der Waals surface area contributed by atoms with Crippen molar-refractivity contribution < 1.29 is 36.7 Å². The lowest BCUT2D eigenvalue weighted by Gasteiger charge is -2.23. The molecule has 1 saturated heterocycles. The molecule has 156 valence electrons. The standard InChI is InChI=1S/C16H21F3N3O5P/c1-3-27-28(25,26)9-22-10(2)8-13(14(22)23)21-15(24)20-12-6-4-11(5-7-12)16(17,18)19/h4-7,10,13H,3,8-9H2,1-2H3,(H,25,26)(H2,20,21,24)/t10?,13-/m0/s1. The molecule has 1 aliphatic heterocycles. The van der Waals surface area contributed by atoms with Gasteiger partial charge in [0.15, 0.2) is 0 Å². The third-order valence-electron chi connectivity index (χ3n) is 4.13. The highest BCUT2D eigenvalue weighted by Crippen LogP contribution is 2.44. The lowest BCUT2D eigenvalue weighted by Crippen LogP contribution is -2.43. The van der Waals surface area contributed by atoms with Crippen molar-refractivity contribution in [3.63, 3.8) is 0 Å². The Kier molecular flexibility index (Phi) is 6.74. The van der Waals surface area contributed by atoms with Gasteiger partial charge in [-0.1, -0.05) is 0 Å². The molecule has 0 saturated carbocycles. The van der Waals surface area contributed by atoms with E-state index in [4.69, 9.17) is 4.52 Å². The first-order valence-electron chi connectivity index (χ1n) is 8.44. The quantitative estimate of drug-likeness (QED) is 0.610. The Morgan fingerprint density at radius 1 is 1.36 bits per heavy atom. The summed E-state index contributed by atoms with van der Waals surface area (Å²) < 4.78 is 54.3. The van der Waals surface area contributed by atoms with Gasteiger partial charge in [-0.2, -0.15) is 13.2 Å². The van der Waals surface area contributed by atoms with Gasteiger partial charge in [-0.05, 0) is 44.5 Å². The van der Waals surface area contributed by atoms with Gasteiger partial charge in [0.1, 0.15) is 12.3 Å². The third kappa shape index (κ3) is 5.70. The first kappa shape index (κ1) is 22.2. The minimum absolute atomic E-state index is 0.0153. The van der Waals surface area contributed by atoms with E-state index in [-0.39, 0.29) is 18.7 Å². The fourth-order valence-corrected chi connectivity index (χ4v) is 4.11. The Morgan fingerprint density at radius 2 is 1.96 bits per heavy atom. The van der Waals surface area contributed by atoms with E-state index >= 15 is 0 Å². The number of alkyl halides is 3. The molecule has 28 heavy (non-hydrogen) atoms. The fraction of sp³-hybridized carbons (Fsp3) is 0.500. The predicted molar refractivity (Wildman–Crippen MR) is 94.6 cm³/mol. The van der Waals surface area contributed by atoms with Crippen molar-refractivity contribution >= 4 is 25.2 Å². The maximum absolute atomic E-state index is 12.5. The molecule has 2 unspecified atom stereocenters. The number of nitrogens with one attached hydrogen (secondary N) is 2. The van der Waals surface area contributed by atoms with E-state index in [2.05, 4.69) is 10.6 Å². The molecule has 1 heterocycles. The molecule has 1 aliphatic rings. The number of hydrogen-bond donors (Lipinski definition) is 3. The number of benzene rings is 1. The molecule has 0 radical (unpaired) electrons. The Labute approximate surface area is 159 Å². The largest absolute Gasteiger partial charge is 0.416 e. The van der Waals surface area contributed by atoms with Gasteiger partial charge in [0.05, 0.1) is 12.2 Å². The minimum atomic E-state index is -4.48. The maximum atomic E-state index is 12.5. The number of carbonyl (C=O) groups excluding carboxylic acids is 2. The van der Waals surface area contributed by atoms with Gasteiger partial charge in [-0.3, -0.25) is 9.36 Å². The zero-order valence-corrected chi connectivity index (χ0v) is 16.1. The lowest BCUT2D eigenvalue weighted by atomic mass is 10.2. The first-order valence-corrected chi connectivity index (χ1v) is 10.2. The van der Waals surface area contributed by atoms with E-state index in [1.165, 1.54) is 4.90 Å². The van der Waals surface area contributed by atoms with Crippen LogP contribution in [0.1, 0.15) is 25.8 Å². The van der Waals surface area contributed by atoms with Crippen molar-refractivity contribution in [3.05, 3.63) is 29.8 Å². The first-order chi connectivity index (χ1) is 12.9. The van der Waals surface area contributed by atoms with Crippen LogP contribution in [0.4, 0.5) is 23.7 Å². The number of nitrogens with zero attached hydrogens (tertiary/aromatic N) is 1. The van der Waals surface area contributed by atoms with Gasteiger partial charge in [-0.25, -0.2) is 4.79 Å². The van der Waals surface area contributed by atoms with Gasteiger partial charge in [-0.15, -0.1) is 0 Å². The summed E-state index contributed by atoms with van der Waals surface area (Å²) in [6, 6.07) is 1.75. The summed E-state index contributed by atoms with van der Waals surface area (Å²) in [4.78, 5) is 35.3. The average Bonchev–Trinajstić information content (AvgIpc) is 2.81. The van der Waals surface area contributed by atoms with Crippen LogP contribution in [0.25, 0.3) is 0 Å². The van der Waals surface area contributed by atoms with Gasteiger partial charge >= 0.3 is 19.8 Å². The highest BCUT2D eigenvalue weighted by Gasteiger charge is 2.41. The molecular weight excluding hydrogens is 402 g/mol. The second-order valence-electron chi connectivity index (χ2n) is 6.32. The summed E-state index contributed by atoms with van der Waals surface area (Å²) in [7, 11) is -3.97. The predicted octanol–water partition coefficient (Wildman–Crippen LogP) is 3.00. The number of hydrogen-bond acceptors (Lipinski definition) is 4. The van der Waals surface area contributed by atoms with Crippen molar-refractivity contribution in [2.45, 2.75) is 38.5 Å². The Hall–Kier alpha value is -2.10. The van der Waals surface area contributed by atoms with Crippen molar-refractivity contribution in [3.8, 4) is 0 Å². The Morgan fingerprint density at radius 3 is 2.50 bits per heavy atom. The number of anilines is 1. The number of rotatable bonds is 6. The Bertz CT molecular complexity index is 772. The van der Waals surface area contributed by atoms with Crippen LogP contribution in [-0.2, 0) is 20.1 Å². The SMILES string of the molecule is CCOP(=O)(O)CN1C(=O)[C@@H](NC(=O)Nc2ccc(C(F)(F)F)cc2)CC1C. The van der Waals surface area contributed by atoms with Crippen LogP contribution in [-0.4, -0.2) is 46.7 Å². The van der Waals surface area contributed by atoms with Crippen LogP contribution in [0.3, 0.4) is 0 Å². The molecule has 1 fully saturated rings. The smallest absolute Gasteiger partial charge is 0.326 e. The summed E-state index contributed by atoms with van der Waals surface area (Å²) in [5, 5.41) is 4.77. The van der Waals surface area contributed by atoms with E-state index in [1.54, 1.807) is 13.8 Å². The zero-order valence-electron chi connectivity index (χ0n) is 15.2. The highest BCUT2D eigenvalue weighted by atomic mass is 31.2. The second-order valence-corrected chi connectivity index (χ2v) is 8.13. The molecule has 1 aromatic rings. The lowest BCUT2D eigenvalue weighted by molar-refractivity contribution is -0.137. The molecule has 0 aromatic heterocycles. The number of halogens is 3. The summed E-state index contributed by atoms with van der Waals surface area (Å²) in [5.41, 5.74) is -0.728. The second kappa shape index (κ2) is 8.50. The number of likely N-dealkylation sites (tertiary alicyclic amines) is 1. The van der Waals surface area contributed by atoms with Crippen molar-refractivity contribution in [2.24, 2.45) is 0 Å². The van der Waals surface area contributed by atoms with Crippen LogP contribution in [0.2, 0.25) is 0 Å². The summed E-state index contributed by atoms with van der Waals surface area (Å²) in [5.74, 6) is -0.538. The normalized spacial score (nSPS) is 22.1. The monoisotopic (exact) mass is 423 g/mol. The molecule has 0 spiro atoms. The van der Waals surface area contributed by atoms with Crippen molar-refractivity contribution in [2.75, 3.05) is 18.2 Å². The van der Waals surface area contributed by atoms with Gasteiger partial charge in [0.25, 0.3) is 0 Å². The number of amides is 3. The molecule has 3 atom stereocenters. The summed E-state index contributed by atoms with van der Waals surface area (Å²) in [6.45, 7) is 3.23. The number of urea groups is 1. The molecule has 2 rings (SSSR count). The van der Waals surface area contributed by atoms with Crippen LogP contribution in [0, 0.1) is 0 Å². The van der Waals surface area contributed by atoms with E-state index in [1.807, 2.05) is 0 Å². The zero-order chi connectivity index (χ0) is 21.1. The molecule has 3 amide bonds. The molecule has 1 aromatic carbocycles. The van der Waals surface area contributed by atoms with E-state index in [0.717, 1.165) is 24.3 Å². The third-order valence-corrected chi connectivity index (χ3v) is 5.45. The highest BCUT2D eigenvalue weighted by molar-refractivity contribution is 7.52. The molecule has 12 heteroatoms. The summed E-state index contributed by atoms with van der Waals surface area (Å²) >= 11 is 0. The topological polar surface area (TPSA) is 108 Å². The van der Waals surface area contributed by atoms with Crippen LogP contribution in [0.15, 0.2) is 24.3 Å². The van der Waals surface area contributed by atoms with Crippen molar-refractivity contribution in [1.29, 1.82) is 0 Å². The minimum Gasteiger partial charge on any atom is -0.326 e. The van der Waals surface area contributed by atoms with E-state index in [9.17, 15) is 32.2 Å². The Balaban J connectivity index is 1.95. The van der Waals surface area contributed by atoms with Gasteiger partial charge < -0.3 is 25.0 Å². The van der Waals surface area contributed by atoms with Crippen molar-refractivity contribution in [1.82, 2.24) is 10.2 Å². The van der Waals surface area contributed by atoms with Gasteiger partial charge in [0, 0.05) is 11.7 Å². The van der Waals surface area contributed by atoms with Crippen LogP contribution >= 0.6 is 7.60 Å². The molecule has 0 aliphatic carbocycles. The molecule has 3 N–H and O–H groups in total. The van der Waals surface area contributed by atoms with E-state index < -0.39 is 49.6 Å². The molecular formula is C16H21F3N3O5P. The molecule has 0 bridgehead atoms. The maximum Gasteiger partial charge on any atom is 0.416 e. The molecule has 8 nitrogen and oxygen atoms in total. The fourth-order valence-electron chi connectivity index (χ4n) is 2.82. The van der Waals surface area contributed by atoms with Crippen LogP contribution < -0.4 is 10.6 Å². The van der Waals surface area contributed by atoms with Gasteiger partial charge in [0.2, 0.25) is 5.91 Å². The average molecular weight is 423 g/mol. The van der Waals surface area contributed by atoms with Crippen LogP contribution in [0.5, 0.6) is 0 Å². The number of carbonyl (C=O) groups is 2. The van der Waals surface area contributed by atoms with E-state index in [0.29, 0.717) is 0 Å². The summed E-state index contributed by atoms with van der Waals surface area (Å²) in [6.07, 6.45) is -4.75.